The summed E-state index contributed by atoms with van der Waals surface area (Å²) in [6.45, 7) is 4.15. The molecule has 0 bridgehead atoms. The van der Waals surface area contributed by atoms with Gasteiger partial charge in [0.05, 0.1) is 0 Å². The predicted octanol–water partition coefficient (Wildman–Crippen LogP) is 3.64. The van der Waals surface area contributed by atoms with Gasteiger partial charge in [0.1, 0.15) is 0 Å². The van der Waals surface area contributed by atoms with Gasteiger partial charge in [-0.1, -0.05) is 35.0 Å². The number of amides is 1. The van der Waals surface area contributed by atoms with E-state index in [-0.39, 0.29) is 0 Å². The minimum atomic E-state index is 0.307. The van der Waals surface area contributed by atoms with Crippen LogP contribution in [0.2, 0.25) is 0 Å². The molecule has 1 amide bonds. The van der Waals surface area contributed by atoms with Gasteiger partial charge in [-0.05, 0) is 42.9 Å². The number of halogens is 1. The molecule has 0 radical (unpaired) electrons. The van der Waals surface area contributed by atoms with Crippen LogP contribution in [0.25, 0.3) is 0 Å². The van der Waals surface area contributed by atoms with Crippen LogP contribution in [-0.4, -0.2) is 23.9 Å². The highest BCUT2D eigenvalue weighted by atomic mass is 79.9. The summed E-state index contributed by atoms with van der Waals surface area (Å²) < 4.78 is 1.08. The summed E-state index contributed by atoms with van der Waals surface area (Å²) in [7, 11) is 0. The van der Waals surface area contributed by atoms with Gasteiger partial charge in [-0.3, -0.25) is 4.79 Å². The van der Waals surface area contributed by atoms with Crippen LogP contribution < -0.4 is 0 Å². The Labute approximate surface area is 117 Å². The molecule has 2 rings (SSSR count). The molecular formula is C15H20BrNO. The summed E-state index contributed by atoms with van der Waals surface area (Å²) >= 11 is 3.46. The molecule has 18 heavy (non-hydrogen) atoms. The fourth-order valence-electron chi connectivity index (χ4n) is 2.36. The summed E-state index contributed by atoms with van der Waals surface area (Å²) in [5.41, 5.74) is 1.23. The molecule has 2 nitrogen and oxygen atoms in total. The van der Waals surface area contributed by atoms with Gasteiger partial charge in [-0.25, -0.2) is 0 Å². The van der Waals surface area contributed by atoms with Gasteiger partial charge in [0.25, 0.3) is 0 Å². The first kappa shape index (κ1) is 13.6. The molecule has 0 aromatic heterocycles. The van der Waals surface area contributed by atoms with Crippen molar-refractivity contribution in [3.63, 3.8) is 0 Å². The van der Waals surface area contributed by atoms with E-state index in [1.54, 1.807) is 0 Å². The van der Waals surface area contributed by atoms with Crippen molar-refractivity contribution in [3.8, 4) is 0 Å². The second-order valence-electron chi connectivity index (χ2n) is 5.19. The van der Waals surface area contributed by atoms with Crippen molar-refractivity contribution in [1.29, 1.82) is 0 Å². The number of benzene rings is 1. The van der Waals surface area contributed by atoms with Crippen LogP contribution in [0.1, 0.15) is 31.7 Å². The Morgan fingerprint density at radius 2 is 2.11 bits per heavy atom. The highest BCUT2D eigenvalue weighted by molar-refractivity contribution is 9.10. The molecule has 1 heterocycles. The van der Waals surface area contributed by atoms with Gasteiger partial charge < -0.3 is 4.90 Å². The fraction of sp³-hybridized carbons (Fsp3) is 0.533. The van der Waals surface area contributed by atoms with Crippen molar-refractivity contribution >= 4 is 21.8 Å². The molecule has 1 fully saturated rings. The zero-order valence-corrected chi connectivity index (χ0v) is 12.4. The number of likely N-dealkylation sites (tertiary alicyclic amines) is 1. The van der Waals surface area contributed by atoms with E-state index >= 15 is 0 Å². The first-order valence-electron chi connectivity index (χ1n) is 6.67. The maximum absolute atomic E-state index is 12.1. The van der Waals surface area contributed by atoms with Gasteiger partial charge >= 0.3 is 0 Å². The van der Waals surface area contributed by atoms with Crippen molar-refractivity contribution in [2.45, 2.75) is 32.6 Å². The van der Waals surface area contributed by atoms with Crippen LogP contribution in [0.4, 0.5) is 0 Å². The number of nitrogens with zero attached hydrogens (tertiary/aromatic N) is 1. The Bertz CT molecular complexity index is 411. The lowest BCUT2D eigenvalue weighted by Crippen LogP contribution is -2.37. The Morgan fingerprint density at radius 1 is 1.39 bits per heavy atom. The second kappa shape index (κ2) is 6.37. The van der Waals surface area contributed by atoms with Gasteiger partial charge in [-0.15, -0.1) is 0 Å². The SMILES string of the molecule is CC1CCN(C(=O)CCc2cccc(Br)c2)CC1. The lowest BCUT2D eigenvalue weighted by atomic mass is 9.99. The lowest BCUT2D eigenvalue weighted by molar-refractivity contribution is -0.132. The van der Waals surface area contributed by atoms with E-state index in [4.69, 9.17) is 0 Å². The predicted molar refractivity (Wildman–Crippen MR) is 77.4 cm³/mol. The van der Waals surface area contributed by atoms with Crippen molar-refractivity contribution in [1.82, 2.24) is 4.90 Å². The number of rotatable bonds is 3. The van der Waals surface area contributed by atoms with E-state index in [1.807, 2.05) is 17.0 Å². The molecule has 0 unspecified atom stereocenters. The molecule has 1 aliphatic heterocycles. The monoisotopic (exact) mass is 309 g/mol. The molecule has 0 aliphatic carbocycles. The third-order valence-electron chi connectivity index (χ3n) is 3.65. The molecule has 0 atom stereocenters. The number of carbonyl (C=O) groups is 1. The summed E-state index contributed by atoms with van der Waals surface area (Å²) in [6.07, 6.45) is 3.78. The molecule has 0 saturated carbocycles. The quantitative estimate of drug-likeness (QED) is 0.834. The average molecular weight is 310 g/mol. The minimum Gasteiger partial charge on any atom is -0.343 e. The molecule has 1 aromatic carbocycles. The van der Waals surface area contributed by atoms with Crippen LogP contribution in [-0.2, 0) is 11.2 Å². The van der Waals surface area contributed by atoms with Crippen LogP contribution >= 0.6 is 15.9 Å². The largest absolute Gasteiger partial charge is 0.343 e. The molecule has 0 spiro atoms. The molecular weight excluding hydrogens is 290 g/mol. The van der Waals surface area contributed by atoms with Crippen molar-refractivity contribution in [3.05, 3.63) is 34.3 Å². The molecule has 1 aromatic rings. The lowest BCUT2D eigenvalue weighted by Gasteiger charge is -2.30. The van der Waals surface area contributed by atoms with Crippen LogP contribution in [0.3, 0.4) is 0 Å². The Kier molecular flexibility index (Phi) is 4.81. The zero-order valence-electron chi connectivity index (χ0n) is 10.9. The van der Waals surface area contributed by atoms with Crippen molar-refractivity contribution in [2.24, 2.45) is 5.92 Å². The maximum atomic E-state index is 12.1. The standard InChI is InChI=1S/C15H20BrNO/c1-12-7-9-17(10-8-12)15(18)6-5-13-3-2-4-14(16)11-13/h2-4,11-12H,5-10H2,1H3. The second-order valence-corrected chi connectivity index (χ2v) is 6.11. The Morgan fingerprint density at radius 3 is 2.78 bits per heavy atom. The average Bonchev–Trinajstić information content (AvgIpc) is 2.37. The highest BCUT2D eigenvalue weighted by Gasteiger charge is 2.19. The first-order valence-corrected chi connectivity index (χ1v) is 7.46. The van der Waals surface area contributed by atoms with E-state index in [2.05, 4.69) is 35.0 Å². The van der Waals surface area contributed by atoms with Gasteiger partial charge in [0, 0.05) is 24.0 Å². The normalized spacial score (nSPS) is 16.9. The van der Waals surface area contributed by atoms with Crippen LogP contribution in [0, 0.1) is 5.92 Å². The molecule has 0 N–H and O–H groups in total. The number of aryl methyl sites for hydroxylation is 1. The summed E-state index contributed by atoms with van der Waals surface area (Å²) in [4.78, 5) is 14.1. The maximum Gasteiger partial charge on any atom is 0.222 e. The topological polar surface area (TPSA) is 20.3 Å². The Hall–Kier alpha value is -0.830. The third kappa shape index (κ3) is 3.84. The number of hydrogen-bond donors (Lipinski definition) is 0. The molecule has 3 heteroatoms. The van der Waals surface area contributed by atoms with Gasteiger partial charge in [0.2, 0.25) is 5.91 Å². The number of hydrogen-bond acceptors (Lipinski definition) is 1. The van der Waals surface area contributed by atoms with E-state index < -0.39 is 0 Å². The smallest absolute Gasteiger partial charge is 0.222 e. The number of piperidine rings is 1. The molecule has 1 saturated heterocycles. The molecule has 1 aliphatic rings. The Balaban J connectivity index is 1.81. The van der Waals surface area contributed by atoms with E-state index in [0.717, 1.165) is 42.7 Å². The van der Waals surface area contributed by atoms with E-state index in [0.29, 0.717) is 12.3 Å². The van der Waals surface area contributed by atoms with Gasteiger partial charge in [0.15, 0.2) is 0 Å². The first-order chi connectivity index (χ1) is 8.65. The van der Waals surface area contributed by atoms with Crippen molar-refractivity contribution in [2.75, 3.05) is 13.1 Å². The summed E-state index contributed by atoms with van der Waals surface area (Å²) in [5, 5.41) is 0. The van der Waals surface area contributed by atoms with Crippen LogP contribution in [0.15, 0.2) is 28.7 Å². The zero-order chi connectivity index (χ0) is 13.0. The third-order valence-corrected chi connectivity index (χ3v) is 4.15. The van der Waals surface area contributed by atoms with Crippen molar-refractivity contribution < 1.29 is 4.79 Å². The highest BCUT2D eigenvalue weighted by Crippen LogP contribution is 2.18. The fourth-order valence-corrected chi connectivity index (χ4v) is 2.81. The number of carbonyl (C=O) groups excluding carboxylic acids is 1. The summed E-state index contributed by atoms with van der Waals surface area (Å²) in [6, 6.07) is 8.20. The minimum absolute atomic E-state index is 0.307. The van der Waals surface area contributed by atoms with Gasteiger partial charge in [-0.2, -0.15) is 0 Å². The van der Waals surface area contributed by atoms with E-state index in [1.165, 1.54) is 5.56 Å². The van der Waals surface area contributed by atoms with E-state index in [9.17, 15) is 4.79 Å². The summed E-state index contributed by atoms with van der Waals surface area (Å²) in [5.74, 6) is 1.08. The van der Waals surface area contributed by atoms with Crippen LogP contribution in [0.5, 0.6) is 0 Å². The molecule has 98 valence electrons.